The van der Waals surface area contributed by atoms with E-state index in [4.69, 9.17) is 43.1 Å². The third-order valence-electron chi connectivity index (χ3n) is 11.5. The van der Waals surface area contributed by atoms with Crippen molar-refractivity contribution in [1.82, 2.24) is 0 Å². The fourth-order valence-corrected chi connectivity index (χ4v) is 7.50. The van der Waals surface area contributed by atoms with Crippen LogP contribution in [0.1, 0.15) is 101 Å². The molecule has 2 heterocycles. The minimum Gasteiger partial charge on any atom is -0.508 e. The lowest BCUT2D eigenvalue weighted by atomic mass is 9.84. The van der Waals surface area contributed by atoms with Crippen LogP contribution in [0, 0.1) is 5.92 Å². The van der Waals surface area contributed by atoms with Crippen LogP contribution in [0.2, 0.25) is 0 Å². The van der Waals surface area contributed by atoms with Gasteiger partial charge in [0, 0.05) is 6.42 Å². The Morgan fingerprint density at radius 2 is 1.28 bits per heavy atom. The number of carbonyl (C=O) groups is 2. The van der Waals surface area contributed by atoms with Crippen molar-refractivity contribution in [3.05, 3.63) is 65.7 Å². The highest BCUT2D eigenvalue weighted by Crippen LogP contribution is 2.38. The molecule has 15 heteroatoms. The molecule has 0 aromatic heterocycles. The van der Waals surface area contributed by atoms with E-state index in [9.17, 15) is 30.3 Å². The second kappa shape index (κ2) is 21.9. The van der Waals surface area contributed by atoms with Crippen molar-refractivity contribution in [2.75, 3.05) is 6.61 Å². The van der Waals surface area contributed by atoms with Crippen molar-refractivity contribution in [3.63, 3.8) is 0 Å². The topological polar surface area (TPSA) is 220 Å². The van der Waals surface area contributed by atoms with Crippen molar-refractivity contribution in [2.24, 2.45) is 5.92 Å². The third-order valence-corrected chi connectivity index (χ3v) is 11.5. The normalized spacial score (nSPS) is 27.6. The number of phenolic OH excluding ortho intramolecular Hbond substituents is 1. The number of aliphatic hydroxyl groups excluding tert-OH is 4. The molecule has 10 atom stereocenters. The maximum atomic E-state index is 13.7. The maximum absolute atomic E-state index is 13.7. The summed E-state index contributed by atoms with van der Waals surface area (Å²) in [5.74, 6) is -0.619. The first kappa shape index (κ1) is 52.1. The summed E-state index contributed by atoms with van der Waals surface area (Å²) in [6, 6.07) is 16.0. The molecule has 2 fully saturated rings. The highest BCUT2D eigenvalue weighted by molar-refractivity contribution is 5.76. The van der Waals surface area contributed by atoms with Gasteiger partial charge in [0.25, 0.3) is 6.47 Å². The molecule has 8 unspecified atom stereocenters. The summed E-state index contributed by atoms with van der Waals surface area (Å²) in [6.45, 7) is 21.9. The minimum absolute atomic E-state index is 0.0674. The average molecular weight is 865 g/mol. The molecule has 0 bridgehead atoms. The van der Waals surface area contributed by atoms with E-state index in [1.54, 1.807) is 53.7 Å². The van der Waals surface area contributed by atoms with Gasteiger partial charge in [0.2, 0.25) is 0 Å². The number of hydrogen-bond acceptors (Lipinski definition) is 14. The number of esters is 1. The average Bonchev–Trinajstić information content (AvgIpc) is 3.15. The van der Waals surface area contributed by atoms with Gasteiger partial charge in [0.05, 0.1) is 41.2 Å². The Kier molecular flexibility index (Phi) is 18.7. The Labute approximate surface area is 361 Å². The molecule has 2 aliphatic rings. The van der Waals surface area contributed by atoms with Crippen LogP contribution in [0.25, 0.3) is 0 Å². The number of carbonyl (C=O) groups excluding carboxylic acids is 1. The predicted octanol–water partition coefficient (Wildman–Crippen LogP) is 4.73. The van der Waals surface area contributed by atoms with E-state index in [1.807, 2.05) is 71.9 Å². The number of hydrogen-bond donors (Lipinski definition) is 6. The lowest BCUT2D eigenvalue weighted by Crippen LogP contribution is -2.67. The van der Waals surface area contributed by atoms with E-state index in [1.165, 1.54) is 12.1 Å². The van der Waals surface area contributed by atoms with Gasteiger partial charge >= 0.3 is 5.97 Å². The molecule has 0 radical (unpaired) electrons. The molecule has 0 saturated carbocycles. The van der Waals surface area contributed by atoms with E-state index in [0.717, 1.165) is 5.56 Å². The molecule has 2 aromatic rings. The van der Waals surface area contributed by atoms with Crippen molar-refractivity contribution in [3.8, 4) is 5.75 Å². The molecule has 2 aliphatic heterocycles. The van der Waals surface area contributed by atoms with Crippen LogP contribution in [0.5, 0.6) is 5.75 Å². The second-order valence-electron chi connectivity index (χ2n) is 18.8. The molecular weight excluding hydrogens is 792 g/mol. The van der Waals surface area contributed by atoms with Crippen LogP contribution < -0.4 is 0 Å². The van der Waals surface area contributed by atoms with Gasteiger partial charge in [-0.2, -0.15) is 0 Å². The zero-order valence-corrected chi connectivity index (χ0v) is 37.9. The number of aliphatic hydroxyl groups is 4. The molecule has 6 N–H and O–H groups in total. The Bertz CT molecular complexity index is 1630. The molecule has 15 nitrogen and oxygen atoms in total. The molecule has 61 heavy (non-hydrogen) atoms. The first-order valence-electron chi connectivity index (χ1n) is 21.0. The highest BCUT2D eigenvalue weighted by Gasteiger charge is 2.56. The van der Waals surface area contributed by atoms with E-state index in [2.05, 4.69) is 0 Å². The van der Waals surface area contributed by atoms with E-state index < -0.39 is 89.4 Å². The van der Waals surface area contributed by atoms with Gasteiger partial charge in [0.1, 0.15) is 61.2 Å². The highest BCUT2D eigenvalue weighted by atomic mass is 16.6. The zero-order chi connectivity index (χ0) is 46.1. The SMILES string of the molecule is CC(C)OC(C)(C)C1OC(C(=O)OCc2ccc(O)cc2)[C@@H](OC(C)(C)CCOC(C)(C)C2OC(Cc3ccccc3)[C@@H](OC(C)(C)C(C)C)C(O)C2O)C(O)C1O.O=CO. The zero-order valence-electron chi connectivity index (χ0n) is 37.9. The van der Waals surface area contributed by atoms with Gasteiger partial charge in [-0.15, -0.1) is 0 Å². The van der Waals surface area contributed by atoms with Crippen LogP contribution in [-0.2, 0) is 55.8 Å². The van der Waals surface area contributed by atoms with Gasteiger partial charge < -0.3 is 63.8 Å². The monoisotopic (exact) mass is 864 g/mol. The van der Waals surface area contributed by atoms with Gasteiger partial charge in [-0.3, -0.25) is 4.79 Å². The third kappa shape index (κ3) is 14.4. The summed E-state index contributed by atoms with van der Waals surface area (Å²) in [6.07, 6.45) is -11.5. The molecule has 4 rings (SSSR count). The van der Waals surface area contributed by atoms with E-state index in [0.29, 0.717) is 12.0 Å². The number of aromatic hydroxyl groups is 1. The van der Waals surface area contributed by atoms with Crippen molar-refractivity contribution in [2.45, 2.75) is 192 Å². The second-order valence-corrected chi connectivity index (χ2v) is 18.8. The number of ether oxygens (including phenoxy) is 7. The molecule has 2 saturated heterocycles. The van der Waals surface area contributed by atoms with Crippen LogP contribution in [0.4, 0.5) is 0 Å². The summed E-state index contributed by atoms with van der Waals surface area (Å²) in [4.78, 5) is 22.1. The Morgan fingerprint density at radius 1 is 0.738 bits per heavy atom. The fourth-order valence-electron chi connectivity index (χ4n) is 7.50. The molecule has 0 amide bonds. The van der Waals surface area contributed by atoms with Crippen LogP contribution in [0.15, 0.2) is 54.6 Å². The lowest BCUT2D eigenvalue weighted by molar-refractivity contribution is -0.297. The number of benzene rings is 2. The van der Waals surface area contributed by atoms with Crippen LogP contribution >= 0.6 is 0 Å². The summed E-state index contributed by atoms with van der Waals surface area (Å²) in [5.41, 5.74) is -2.27. The summed E-state index contributed by atoms with van der Waals surface area (Å²) < 4.78 is 43.9. The standard InChI is InChI=1S/C45H70O13.CH2O2/c1-26(2)43(7,8)58-36-31(24-28-16-14-13-15-17-28)54-39(34(49)32(36)47)44(9,10)53-23-22-42(5,6)57-37-33(48)35(50)40(45(11,12)56-27(3)4)55-38(37)41(51)52-25-29-18-20-30(46)21-19-29;2-1-3/h13-21,26-27,31-40,46-50H,22-25H2,1-12H3;1H,(H,2,3)/t31?,32?,33?,34?,35?,36-,37+,38?,39?,40?;/m1./s1. The Morgan fingerprint density at radius 3 is 1.82 bits per heavy atom. The Hall–Kier alpha value is -3.22. The number of rotatable bonds is 18. The maximum Gasteiger partial charge on any atom is 0.338 e. The minimum atomic E-state index is -1.57. The first-order valence-corrected chi connectivity index (χ1v) is 21.0. The van der Waals surface area contributed by atoms with Crippen LogP contribution in [-0.4, -0.2) is 139 Å². The van der Waals surface area contributed by atoms with E-state index in [-0.39, 0.29) is 43.9 Å². The van der Waals surface area contributed by atoms with Gasteiger partial charge in [-0.25, -0.2) is 4.79 Å². The van der Waals surface area contributed by atoms with Crippen molar-refractivity contribution < 1.29 is 73.4 Å². The first-order chi connectivity index (χ1) is 28.3. The summed E-state index contributed by atoms with van der Waals surface area (Å²) >= 11 is 0. The largest absolute Gasteiger partial charge is 0.508 e. The van der Waals surface area contributed by atoms with Gasteiger partial charge in [-0.1, -0.05) is 56.3 Å². The van der Waals surface area contributed by atoms with E-state index >= 15 is 0 Å². The fraction of sp³-hybridized carbons (Fsp3) is 0.696. The quantitative estimate of drug-likeness (QED) is 0.0882. The summed E-state index contributed by atoms with van der Waals surface area (Å²) in [7, 11) is 0. The smallest absolute Gasteiger partial charge is 0.338 e. The number of phenols is 1. The van der Waals surface area contributed by atoms with Crippen molar-refractivity contribution in [1.29, 1.82) is 0 Å². The predicted molar refractivity (Wildman–Crippen MR) is 226 cm³/mol. The van der Waals surface area contributed by atoms with Crippen LogP contribution in [0.3, 0.4) is 0 Å². The van der Waals surface area contributed by atoms with Crippen molar-refractivity contribution >= 4 is 12.4 Å². The van der Waals surface area contributed by atoms with Gasteiger partial charge in [-0.05, 0) is 105 Å². The lowest BCUT2D eigenvalue weighted by Gasteiger charge is -2.50. The molecule has 0 aliphatic carbocycles. The molecule has 2 aromatic carbocycles. The molecule has 0 spiro atoms. The Balaban J connectivity index is 0.00000321. The molecule has 346 valence electrons. The molecular formula is C46H72O15. The number of carboxylic acid groups (broad SMARTS) is 1. The summed E-state index contributed by atoms with van der Waals surface area (Å²) in [5, 5.41) is 62.7. The van der Waals surface area contributed by atoms with Gasteiger partial charge in [0.15, 0.2) is 6.10 Å².